The third-order valence-corrected chi connectivity index (χ3v) is 5.02. The van der Waals surface area contributed by atoms with E-state index in [9.17, 15) is 0 Å². The van der Waals surface area contributed by atoms with Gasteiger partial charge < -0.3 is 9.09 Å². The van der Waals surface area contributed by atoms with Crippen LogP contribution < -0.4 is 0 Å². The van der Waals surface area contributed by atoms with Gasteiger partial charge in [-0.2, -0.15) is 4.98 Å². The zero-order valence-corrected chi connectivity index (χ0v) is 13.8. The first-order chi connectivity index (χ1) is 11.2. The van der Waals surface area contributed by atoms with Gasteiger partial charge in [-0.3, -0.25) is 0 Å². The Morgan fingerprint density at radius 1 is 1.22 bits per heavy atom. The maximum absolute atomic E-state index is 5.39. The molecule has 3 aromatic rings. The summed E-state index contributed by atoms with van der Waals surface area (Å²) in [6.07, 6.45) is 2.34. The normalized spacial score (nSPS) is 15.7. The van der Waals surface area contributed by atoms with Crippen molar-refractivity contribution >= 4 is 11.8 Å². The van der Waals surface area contributed by atoms with Gasteiger partial charge in [0.2, 0.25) is 5.89 Å². The SMILES string of the molecule is CC(Sc1nnc(-c2ccccc2)n1C)c1nc(C2CC2)no1. The molecule has 6 nitrogen and oxygen atoms in total. The highest BCUT2D eigenvalue weighted by molar-refractivity contribution is 7.99. The molecule has 1 aliphatic carbocycles. The van der Waals surface area contributed by atoms with E-state index in [0.29, 0.717) is 11.8 Å². The highest BCUT2D eigenvalue weighted by atomic mass is 32.2. The standard InChI is InChI=1S/C16H17N5OS/c1-10(15-17-13(20-22-15)11-8-9-11)23-16-19-18-14(21(16)2)12-6-4-3-5-7-12/h3-7,10-11H,8-9H2,1-2H3. The van der Waals surface area contributed by atoms with Crippen LogP contribution in [-0.4, -0.2) is 24.9 Å². The fourth-order valence-corrected chi connectivity index (χ4v) is 3.23. The van der Waals surface area contributed by atoms with E-state index in [1.54, 1.807) is 11.8 Å². The summed E-state index contributed by atoms with van der Waals surface area (Å²) in [6.45, 7) is 2.05. The summed E-state index contributed by atoms with van der Waals surface area (Å²) in [4.78, 5) is 4.51. The van der Waals surface area contributed by atoms with Gasteiger partial charge in [0.15, 0.2) is 16.8 Å². The van der Waals surface area contributed by atoms with Crippen molar-refractivity contribution in [2.24, 2.45) is 7.05 Å². The van der Waals surface area contributed by atoms with E-state index in [2.05, 4.69) is 20.3 Å². The summed E-state index contributed by atoms with van der Waals surface area (Å²) in [7, 11) is 1.97. The summed E-state index contributed by atoms with van der Waals surface area (Å²) in [5, 5.41) is 13.6. The Kier molecular flexibility index (Phi) is 3.65. The molecule has 0 amide bonds. The number of nitrogens with zero attached hydrogens (tertiary/aromatic N) is 5. The molecule has 7 heteroatoms. The highest BCUT2D eigenvalue weighted by Crippen LogP contribution is 2.40. The van der Waals surface area contributed by atoms with Crippen molar-refractivity contribution in [1.82, 2.24) is 24.9 Å². The summed E-state index contributed by atoms with van der Waals surface area (Å²) >= 11 is 1.58. The Morgan fingerprint density at radius 2 is 2.00 bits per heavy atom. The topological polar surface area (TPSA) is 69.6 Å². The maximum atomic E-state index is 5.39. The molecule has 1 fully saturated rings. The van der Waals surface area contributed by atoms with Crippen molar-refractivity contribution in [2.45, 2.75) is 36.1 Å². The van der Waals surface area contributed by atoms with Crippen LogP contribution in [0.5, 0.6) is 0 Å². The van der Waals surface area contributed by atoms with Gasteiger partial charge in [-0.25, -0.2) is 0 Å². The molecule has 0 radical (unpaired) electrons. The first-order valence-corrected chi connectivity index (χ1v) is 8.55. The van der Waals surface area contributed by atoms with Crippen molar-refractivity contribution in [2.75, 3.05) is 0 Å². The van der Waals surface area contributed by atoms with Crippen LogP contribution >= 0.6 is 11.8 Å². The van der Waals surface area contributed by atoms with Crippen LogP contribution in [-0.2, 0) is 7.05 Å². The van der Waals surface area contributed by atoms with Crippen LogP contribution in [0.2, 0.25) is 0 Å². The monoisotopic (exact) mass is 327 g/mol. The maximum Gasteiger partial charge on any atom is 0.239 e. The summed E-state index contributed by atoms with van der Waals surface area (Å²) in [5.41, 5.74) is 1.05. The molecular weight excluding hydrogens is 310 g/mol. The molecule has 4 rings (SSSR count). The highest BCUT2D eigenvalue weighted by Gasteiger charge is 2.30. The molecule has 1 aromatic carbocycles. The first kappa shape index (κ1) is 14.4. The Hall–Kier alpha value is -2.15. The van der Waals surface area contributed by atoms with Gasteiger partial charge in [-0.15, -0.1) is 10.2 Å². The quantitative estimate of drug-likeness (QED) is 0.667. The van der Waals surface area contributed by atoms with Gasteiger partial charge in [-0.05, 0) is 19.8 Å². The zero-order chi connectivity index (χ0) is 15.8. The molecule has 0 aliphatic heterocycles. The molecule has 118 valence electrons. The average molecular weight is 327 g/mol. The van der Waals surface area contributed by atoms with Crippen molar-refractivity contribution in [1.29, 1.82) is 0 Å². The van der Waals surface area contributed by atoms with Crippen molar-refractivity contribution in [3.8, 4) is 11.4 Å². The molecule has 1 unspecified atom stereocenters. The Labute approximate surface area is 138 Å². The number of hydrogen-bond acceptors (Lipinski definition) is 6. The van der Waals surface area contributed by atoms with Crippen molar-refractivity contribution in [3.63, 3.8) is 0 Å². The van der Waals surface area contributed by atoms with Crippen LogP contribution in [0.4, 0.5) is 0 Å². The number of thioether (sulfide) groups is 1. The summed E-state index contributed by atoms with van der Waals surface area (Å²) < 4.78 is 7.39. The fraction of sp³-hybridized carbons (Fsp3) is 0.375. The molecule has 1 aliphatic rings. The van der Waals surface area contributed by atoms with Crippen LogP contribution in [0.3, 0.4) is 0 Å². The lowest BCUT2D eigenvalue weighted by molar-refractivity contribution is 0.374. The fourth-order valence-electron chi connectivity index (χ4n) is 2.38. The molecule has 2 aromatic heterocycles. The van der Waals surface area contributed by atoms with E-state index in [0.717, 1.165) is 22.4 Å². The van der Waals surface area contributed by atoms with Crippen LogP contribution in [0, 0.1) is 0 Å². The lowest BCUT2D eigenvalue weighted by Gasteiger charge is -2.06. The third-order valence-electron chi connectivity index (χ3n) is 3.90. The minimum absolute atomic E-state index is 0.0431. The van der Waals surface area contributed by atoms with E-state index in [-0.39, 0.29) is 5.25 Å². The minimum atomic E-state index is 0.0431. The van der Waals surface area contributed by atoms with E-state index < -0.39 is 0 Å². The average Bonchev–Trinajstić information content (AvgIpc) is 3.20. The number of hydrogen-bond donors (Lipinski definition) is 0. The lowest BCUT2D eigenvalue weighted by Crippen LogP contribution is -1.97. The Morgan fingerprint density at radius 3 is 2.74 bits per heavy atom. The van der Waals surface area contributed by atoms with Gasteiger partial charge in [-0.1, -0.05) is 47.3 Å². The molecule has 0 saturated heterocycles. The van der Waals surface area contributed by atoms with Crippen molar-refractivity contribution in [3.05, 3.63) is 42.0 Å². The molecule has 2 heterocycles. The minimum Gasteiger partial charge on any atom is -0.338 e. The lowest BCUT2D eigenvalue weighted by atomic mass is 10.2. The molecular formula is C16H17N5OS. The van der Waals surface area contributed by atoms with Crippen molar-refractivity contribution < 1.29 is 4.52 Å². The number of rotatable bonds is 5. The van der Waals surface area contributed by atoms with Gasteiger partial charge in [0.05, 0.1) is 5.25 Å². The van der Waals surface area contributed by atoms with Gasteiger partial charge in [0, 0.05) is 18.5 Å². The van der Waals surface area contributed by atoms with E-state index in [1.807, 2.05) is 48.9 Å². The number of aromatic nitrogens is 5. The number of benzene rings is 1. The van der Waals surface area contributed by atoms with Gasteiger partial charge >= 0.3 is 0 Å². The Bertz CT molecular complexity index is 809. The molecule has 1 atom stereocenters. The second kappa shape index (κ2) is 5.81. The van der Waals surface area contributed by atoms with Crippen LogP contribution in [0.25, 0.3) is 11.4 Å². The van der Waals surface area contributed by atoms with Gasteiger partial charge in [0.1, 0.15) is 0 Å². The van der Waals surface area contributed by atoms with Gasteiger partial charge in [0.25, 0.3) is 0 Å². The van der Waals surface area contributed by atoms with E-state index in [1.165, 1.54) is 12.8 Å². The van der Waals surface area contributed by atoms with Crippen LogP contribution in [0.1, 0.15) is 42.6 Å². The second-order valence-corrected chi connectivity index (χ2v) is 7.06. The second-order valence-electron chi connectivity index (χ2n) is 5.76. The smallest absolute Gasteiger partial charge is 0.239 e. The Balaban J connectivity index is 1.53. The molecule has 0 spiro atoms. The largest absolute Gasteiger partial charge is 0.338 e. The molecule has 1 saturated carbocycles. The molecule has 0 N–H and O–H groups in total. The predicted molar refractivity (Wildman–Crippen MR) is 87.0 cm³/mol. The molecule has 0 bridgehead atoms. The summed E-state index contributed by atoms with van der Waals surface area (Å²) in [6, 6.07) is 10.0. The van der Waals surface area contributed by atoms with Crippen LogP contribution in [0.15, 0.2) is 40.0 Å². The van der Waals surface area contributed by atoms with E-state index >= 15 is 0 Å². The zero-order valence-electron chi connectivity index (χ0n) is 13.0. The van der Waals surface area contributed by atoms with E-state index in [4.69, 9.17) is 4.52 Å². The molecule has 23 heavy (non-hydrogen) atoms. The summed E-state index contributed by atoms with van der Waals surface area (Å²) in [5.74, 6) is 2.85. The predicted octanol–water partition coefficient (Wildman–Crippen LogP) is 3.60. The first-order valence-electron chi connectivity index (χ1n) is 7.67. The third kappa shape index (κ3) is 2.88.